The number of nitrogens with zero attached hydrogens (tertiary/aromatic N) is 3. The molecule has 2 amide bonds. The highest BCUT2D eigenvalue weighted by molar-refractivity contribution is 7.89. The van der Waals surface area contributed by atoms with Gasteiger partial charge in [0.25, 0.3) is 0 Å². The average Bonchev–Trinajstić information content (AvgIpc) is 3.56. The van der Waals surface area contributed by atoms with Gasteiger partial charge in [0.05, 0.1) is 4.90 Å². The maximum atomic E-state index is 13.6. The van der Waals surface area contributed by atoms with Crippen LogP contribution in [0.3, 0.4) is 0 Å². The molecule has 1 atom stereocenters. The van der Waals surface area contributed by atoms with Gasteiger partial charge in [-0.25, -0.2) is 13.6 Å². The number of carbonyl (C=O) groups is 2. The number of rotatable bonds is 10. The Morgan fingerprint density at radius 3 is 2.28 bits per heavy atom. The lowest BCUT2D eigenvalue weighted by atomic mass is 9.81. The molecule has 224 valence electrons. The number of H-pyrrole nitrogens is 1. The van der Waals surface area contributed by atoms with Crippen LogP contribution in [-0.4, -0.2) is 53.4 Å². The van der Waals surface area contributed by atoms with Crippen LogP contribution in [0.5, 0.6) is 0 Å². The summed E-state index contributed by atoms with van der Waals surface area (Å²) < 4.78 is 23.8. The summed E-state index contributed by atoms with van der Waals surface area (Å²) in [4.78, 5) is 26.9. The minimum Gasteiger partial charge on any atom is -0.344 e. The Hall–Kier alpha value is -4.46. The van der Waals surface area contributed by atoms with Gasteiger partial charge in [-0.1, -0.05) is 36.4 Å². The van der Waals surface area contributed by atoms with Crippen LogP contribution in [0.1, 0.15) is 31.2 Å². The summed E-state index contributed by atoms with van der Waals surface area (Å²) >= 11 is 0. The van der Waals surface area contributed by atoms with E-state index in [9.17, 15) is 18.0 Å². The van der Waals surface area contributed by atoms with Gasteiger partial charge in [-0.05, 0) is 96.4 Å². The monoisotopic (exact) mass is 602 g/mol. The number of hydrogen-bond donors (Lipinski definition) is 5. The zero-order valence-electron chi connectivity index (χ0n) is 23.4. The smallest absolute Gasteiger partial charge is 0.247 e. The molecule has 1 unspecified atom stereocenters. The highest BCUT2D eigenvalue weighted by Gasteiger charge is 2.29. The third kappa shape index (κ3) is 7.69. The number of tetrazole rings is 1. The van der Waals surface area contributed by atoms with Gasteiger partial charge in [-0.3, -0.25) is 9.59 Å². The van der Waals surface area contributed by atoms with Crippen molar-refractivity contribution in [3.05, 3.63) is 78.4 Å². The summed E-state index contributed by atoms with van der Waals surface area (Å²) in [6.07, 6.45) is 3.46. The van der Waals surface area contributed by atoms with E-state index in [-0.39, 0.29) is 29.0 Å². The summed E-state index contributed by atoms with van der Waals surface area (Å²) in [7, 11) is -3.87. The van der Waals surface area contributed by atoms with E-state index in [4.69, 9.17) is 10.9 Å². The molecule has 0 aliphatic heterocycles. The highest BCUT2D eigenvalue weighted by atomic mass is 32.2. The second-order valence-electron chi connectivity index (χ2n) is 10.8. The molecule has 3 aromatic carbocycles. The zero-order chi connectivity index (χ0) is 30.4. The van der Waals surface area contributed by atoms with Crippen molar-refractivity contribution >= 4 is 27.5 Å². The first-order valence-electron chi connectivity index (χ1n) is 14.1. The lowest BCUT2D eigenvalue weighted by molar-refractivity contribution is -0.130. The molecule has 4 aromatic rings. The molecular formula is C30H34N8O4S. The Bertz CT molecular complexity index is 1670. The van der Waals surface area contributed by atoms with Gasteiger partial charge in [0, 0.05) is 23.6 Å². The number of anilines is 1. The minimum absolute atomic E-state index is 0.00892. The normalized spacial score (nSPS) is 17.6. The quantitative estimate of drug-likeness (QED) is 0.182. The van der Waals surface area contributed by atoms with Crippen LogP contribution in [0.25, 0.3) is 22.5 Å². The van der Waals surface area contributed by atoms with Crippen molar-refractivity contribution in [1.29, 1.82) is 0 Å². The molecule has 0 saturated heterocycles. The van der Waals surface area contributed by atoms with Gasteiger partial charge in [0.1, 0.15) is 6.04 Å². The molecular weight excluding hydrogens is 568 g/mol. The zero-order valence-corrected chi connectivity index (χ0v) is 24.3. The molecule has 5 rings (SSSR count). The van der Waals surface area contributed by atoms with E-state index in [1.807, 2.05) is 24.3 Å². The molecule has 1 aromatic heterocycles. The van der Waals surface area contributed by atoms with Crippen LogP contribution in [0.2, 0.25) is 0 Å². The first-order chi connectivity index (χ1) is 20.7. The molecule has 7 N–H and O–H groups in total. The second kappa shape index (κ2) is 13.2. The number of amides is 2. The number of aromatic amines is 1. The predicted octanol–water partition coefficient (Wildman–Crippen LogP) is 2.61. The molecule has 12 nitrogen and oxygen atoms in total. The maximum absolute atomic E-state index is 13.6. The van der Waals surface area contributed by atoms with E-state index in [2.05, 4.69) is 31.3 Å². The highest BCUT2D eigenvalue weighted by Crippen LogP contribution is 2.29. The van der Waals surface area contributed by atoms with Gasteiger partial charge >= 0.3 is 0 Å². The molecule has 1 heterocycles. The van der Waals surface area contributed by atoms with Gasteiger partial charge in [0.2, 0.25) is 27.7 Å². The number of aromatic nitrogens is 4. The summed E-state index contributed by atoms with van der Waals surface area (Å²) in [5.74, 6) is 0.161. The van der Waals surface area contributed by atoms with Gasteiger partial charge < -0.3 is 16.4 Å². The Balaban J connectivity index is 1.36. The van der Waals surface area contributed by atoms with Crippen molar-refractivity contribution in [2.75, 3.05) is 11.9 Å². The van der Waals surface area contributed by atoms with Crippen molar-refractivity contribution in [3.8, 4) is 22.5 Å². The number of carbonyl (C=O) groups excluding carboxylic acids is 2. The van der Waals surface area contributed by atoms with Crippen LogP contribution in [0.15, 0.2) is 77.7 Å². The third-order valence-electron chi connectivity index (χ3n) is 7.80. The van der Waals surface area contributed by atoms with Crippen molar-refractivity contribution in [3.63, 3.8) is 0 Å². The van der Waals surface area contributed by atoms with Crippen molar-refractivity contribution in [1.82, 2.24) is 25.9 Å². The van der Waals surface area contributed by atoms with Crippen LogP contribution in [0.4, 0.5) is 5.69 Å². The van der Waals surface area contributed by atoms with E-state index in [1.54, 1.807) is 36.4 Å². The molecule has 0 spiro atoms. The fourth-order valence-electron chi connectivity index (χ4n) is 5.34. The largest absolute Gasteiger partial charge is 0.344 e. The number of nitrogens with two attached hydrogens (primary N) is 2. The maximum Gasteiger partial charge on any atom is 0.247 e. The fourth-order valence-corrected chi connectivity index (χ4v) is 5.90. The Morgan fingerprint density at radius 1 is 0.930 bits per heavy atom. The van der Waals surface area contributed by atoms with Crippen LogP contribution in [-0.2, 0) is 26.0 Å². The Labute approximate surface area is 249 Å². The minimum atomic E-state index is -3.87. The van der Waals surface area contributed by atoms with Crippen molar-refractivity contribution in [2.45, 2.75) is 43.0 Å². The number of primary sulfonamides is 1. The van der Waals surface area contributed by atoms with E-state index in [0.29, 0.717) is 29.5 Å². The van der Waals surface area contributed by atoms with E-state index < -0.39 is 16.1 Å². The fraction of sp³-hybridized carbons (Fsp3) is 0.300. The van der Waals surface area contributed by atoms with Crippen LogP contribution >= 0.6 is 0 Å². The summed E-state index contributed by atoms with van der Waals surface area (Å²) in [6, 6.07) is 19.9. The predicted molar refractivity (Wildman–Crippen MR) is 162 cm³/mol. The first-order valence-corrected chi connectivity index (χ1v) is 15.6. The van der Waals surface area contributed by atoms with E-state index in [0.717, 1.165) is 42.4 Å². The van der Waals surface area contributed by atoms with E-state index >= 15 is 0 Å². The SMILES string of the molecule is NCC1CCC(C(=O)NC(Cc2cccc(-c3cccc(S(N)(=O)=O)c3)c2)C(=O)Nc2ccc(-c3nn[nH]n3)cc2)CC1. The molecule has 13 heteroatoms. The van der Waals surface area contributed by atoms with Crippen LogP contribution in [0, 0.1) is 11.8 Å². The van der Waals surface area contributed by atoms with Crippen molar-refractivity contribution < 1.29 is 18.0 Å². The third-order valence-corrected chi connectivity index (χ3v) is 8.71. The topological polar surface area (TPSA) is 199 Å². The standard InChI is InChI=1S/C30H34N8O4S/c31-18-19-7-9-22(10-8-19)29(39)34-27(30(40)33-25-13-11-21(12-14-25)28-35-37-38-36-28)16-20-3-1-4-23(15-20)24-5-2-6-26(17-24)43(32,41)42/h1-6,11-15,17,19,22,27H,7-10,16,18,31H2,(H,33,40)(H,34,39)(H2,32,41,42)(H,35,36,37,38). The first kappa shape index (κ1) is 30.0. The summed E-state index contributed by atoms with van der Waals surface area (Å²) in [5.41, 5.74) is 9.31. The molecule has 1 saturated carbocycles. The van der Waals surface area contributed by atoms with Gasteiger partial charge in [-0.2, -0.15) is 5.21 Å². The van der Waals surface area contributed by atoms with E-state index in [1.165, 1.54) is 12.1 Å². The molecule has 1 aliphatic rings. The Kier molecular flexibility index (Phi) is 9.24. The molecule has 1 fully saturated rings. The molecule has 43 heavy (non-hydrogen) atoms. The lowest BCUT2D eigenvalue weighted by Gasteiger charge is -2.28. The summed E-state index contributed by atoms with van der Waals surface area (Å²) in [5, 5.41) is 25.1. The van der Waals surface area contributed by atoms with Crippen LogP contribution < -0.4 is 21.5 Å². The Morgan fingerprint density at radius 2 is 1.63 bits per heavy atom. The van der Waals surface area contributed by atoms with Gasteiger partial charge in [-0.15, -0.1) is 10.2 Å². The van der Waals surface area contributed by atoms with Gasteiger partial charge in [0.15, 0.2) is 0 Å². The molecule has 1 aliphatic carbocycles. The number of hydrogen-bond acceptors (Lipinski definition) is 8. The molecule has 0 radical (unpaired) electrons. The summed E-state index contributed by atoms with van der Waals surface area (Å²) in [6.45, 7) is 0.612. The number of sulfonamides is 1. The average molecular weight is 603 g/mol. The number of nitrogens with one attached hydrogen (secondary N) is 3. The second-order valence-corrected chi connectivity index (χ2v) is 12.4. The molecule has 0 bridgehead atoms. The van der Waals surface area contributed by atoms with Crippen molar-refractivity contribution in [2.24, 2.45) is 22.7 Å². The lowest BCUT2D eigenvalue weighted by Crippen LogP contribution is -2.48. The number of benzene rings is 3.